The van der Waals surface area contributed by atoms with Crippen LogP contribution in [0.25, 0.3) is 22.3 Å². The molecule has 1 heterocycles. The zero-order valence-electron chi connectivity index (χ0n) is 13.8. The molecular formula is C24H18O. The third-order valence-corrected chi connectivity index (χ3v) is 5.06. The molecule has 1 heteroatoms. The van der Waals surface area contributed by atoms with Crippen molar-refractivity contribution in [1.29, 1.82) is 0 Å². The van der Waals surface area contributed by atoms with Crippen LogP contribution in [0.15, 0.2) is 103 Å². The highest BCUT2D eigenvalue weighted by Crippen LogP contribution is 2.54. The van der Waals surface area contributed by atoms with E-state index >= 15 is 0 Å². The van der Waals surface area contributed by atoms with Gasteiger partial charge in [0.2, 0.25) is 0 Å². The molecule has 2 aliphatic rings. The van der Waals surface area contributed by atoms with Gasteiger partial charge in [0.25, 0.3) is 0 Å². The van der Waals surface area contributed by atoms with Crippen molar-refractivity contribution in [1.82, 2.24) is 0 Å². The number of epoxide rings is 1. The summed E-state index contributed by atoms with van der Waals surface area (Å²) in [7, 11) is 0. The lowest BCUT2D eigenvalue weighted by molar-refractivity contribution is 0.346. The number of fused-ring (bicyclic) bond motifs is 1. The van der Waals surface area contributed by atoms with Crippen LogP contribution < -0.4 is 0 Å². The second-order valence-electron chi connectivity index (χ2n) is 6.54. The van der Waals surface area contributed by atoms with E-state index in [9.17, 15) is 0 Å². The number of benzene rings is 3. The molecule has 1 aliphatic heterocycles. The molecule has 0 bridgehead atoms. The first-order valence-corrected chi connectivity index (χ1v) is 8.67. The Balaban J connectivity index is 1.78. The number of hydrogen-bond donors (Lipinski definition) is 0. The van der Waals surface area contributed by atoms with E-state index in [0.29, 0.717) is 0 Å². The molecule has 0 N–H and O–H groups in total. The minimum atomic E-state index is -0.315. The monoisotopic (exact) mass is 322 g/mol. The summed E-state index contributed by atoms with van der Waals surface area (Å²) < 4.78 is 6.13. The summed E-state index contributed by atoms with van der Waals surface area (Å²) in [6.07, 6.45) is 8.64. The lowest BCUT2D eigenvalue weighted by Gasteiger charge is -2.19. The third-order valence-electron chi connectivity index (χ3n) is 5.06. The zero-order valence-corrected chi connectivity index (χ0v) is 13.8. The Morgan fingerprint density at radius 3 is 2.12 bits per heavy atom. The summed E-state index contributed by atoms with van der Waals surface area (Å²) >= 11 is 0. The van der Waals surface area contributed by atoms with Gasteiger partial charge >= 0.3 is 0 Å². The second kappa shape index (κ2) is 5.58. The molecule has 1 aliphatic carbocycles. The molecule has 25 heavy (non-hydrogen) atoms. The maximum Gasteiger partial charge on any atom is 0.143 e. The van der Waals surface area contributed by atoms with Crippen LogP contribution in [0.4, 0.5) is 0 Å². The molecule has 0 amide bonds. The van der Waals surface area contributed by atoms with Crippen LogP contribution in [0.2, 0.25) is 0 Å². The zero-order chi connectivity index (χ0) is 16.7. The fraction of sp³-hybridized carbons (Fsp3) is 0.0833. The number of ether oxygens (including phenoxy) is 1. The Hall–Kier alpha value is -2.90. The van der Waals surface area contributed by atoms with Gasteiger partial charge in [0, 0.05) is 0 Å². The van der Waals surface area contributed by atoms with Crippen molar-refractivity contribution < 1.29 is 4.74 Å². The van der Waals surface area contributed by atoms with Crippen molar-refractivity contribution in [2.45, 2.75) is 11.7 Å². The van der Waals surface area contributed by atoms with Crippen LogP contribution in [-0.4, -0.2) is 6.10 Å². The first-order valence-electron chi connectivity index (χ1n) is 8.67. The quantitative estimate of drug-likeness (QED) is 0.560. The summed E-state index contributed by atoms with van der Waals surface area (Å²) in [6.45, 7) is 0. The number of hydrogen-bond acceptors (Lipinski definition) is 1. The van der Waals surface area contributed by atoms with E-state index in [1.165, 1.54) is 27.8 Å². The van der Waals surface area contributed by atoms with Crippen molar-refractivity contribution in [3.63, 3.8) is 0 Å². The van der Waals surface area contributed by atoms with Gasteiger partial charge in [0.15, 0.2) is 0 Å². The Labute approximate surface area is 147 Å². The molecule has 0 aromatic heterocycles. The Morgan fingerprint density at radius 2 is 1.40 bits per heavy atom. The summed E-state index contributed by atoms with van der Waals surface area (Å²) in [5, 5.41) is 0. The summed E-state index contributed by atoms with van der Waals surface area (Å²) in [5.41, 5.74) is 5.89. The SMILES string of the molecule is C1=CC2OC2(c2cccc(-c3ccccc3)c2-c2ccccc2)C=C1. The lowest BCUT2D eigenvalue weighted by Crippen LogP contribution is -2.12. The predicted molar refractivity (Wildman–Crippen MR) is 102 cm³/mol. The van der Waals surface area contributed by atoms with Crippen molar-refractivity contribution in [3.05, 3.63) is 109 Å². The lowest BCUT2D eigenvalue weighted by atomic mass is 9.82. The van der Waals surface area contributed by atoms with E-state index < -0.39 is 0 Å². The first-order chi connectivity index (χ1) is 12.4. The smallest absolute Gasteiger partial charge is 0.143 e. The fourth-order valence-electron chi connectivity index (χ4n) is 3.81. The topological polar surface area (TPSA) is 12.5 Å². The van der Waals surface area contributed by atoms with Crippen molar-refractivity contribution in [2.75, 3.05) is 0 Å². The maximum atomic E-state index is 6.13. The molecule has 2 atom stereocenters. The molecule has 3 aromatic rings. The van der Waals surface area contributed by atoms with Crippen LogP contribution in [0.5, 0.6) is 0 Å². The highest BCUT2D eigenvalue weighted by molar-refractivity contribution is 5.87. The standard InChI is InChI=1S/C24H18O/c1-3-10-18(11-4-1)20-14-9-15-21(23(20)19-12-5-2-6-13-19)24-17-8-7-16-22(24)25-24/h1-17,22H. The normalized spacial score (nSPS) is 23.3. The number of allylic oxidation sites excluding steroid dienone is 2. The maximum absolute atomic E-state index is 6.13. The van der Waals surface area contributed by atoms with Crippen LogP contribution in [0.1, 0.15) is 5.56 Å². The van der Waals surface area contributed by atoms with Gasteiger partial charge < -0.3 is 4.74 Å². The van der Waals surface area contributed by atoms with Gasteiger partial charge in [-0.05, 0) is 33.9 Å². The fourth-order valence-corrected chi connectivity index (χ4v) is 3.81. The van der Waals surface area contributed by atoms with Gasteiger partial charge in [-0.3, -0.25) is 0 Å². The van der Waals surface area contributed by atoms with E-state index in [0.717, 1.165) is 0 Å². The largest absolute Gasteiger partial charge is 0.352 e. The van der Waals surface area contributed by atoms with Crippen LogP contribution in [-0.2, 0) is 10.3 Å². The molecule has 1 fully saturated rings. The van der Waals surface area contributed by atoms with Crippen LogP contribution in [0, 0.1) is 0 Å². The molecule has 2 unspecified atom stereocenters. The minimum absolute atomic E-state index is 0.144. The van der Waals surface area contributed by atoms with Crippen LogP contribution >= 0.6 is 0 Å². The second-order valence-corrected chi connectivity index (χ2v) is 6.54. The summed E-state index contributed by atoms with van der Waals surface area (Å²) in [4.78, 5) is 0. The predicted octanol–water partition coefficient (Wildman–Crippen LogP) is 5.74. The van der Waals surface area contributed by atoms with E-state index in [-0.39, 0.29) is 11.7 Å². The molecule has 0 radical (unpaired) electrons. The van der Waals surface area contributed by atoms with Gasteiger partial charge in [0.1, 0.15) is 11.7 Å². The van der Waals surface area contributed by atoms with Crippen LogP contribution in [0.3, 0.4) is 0 Å². The molecule has 120 valence electrons. The van der Waals surface area contributed by atoms with Crippen molar-refractivity contribution in [2.24, 2.45) is 0 Å². The summed E-state index contributed by atoms with van der Waals surface area (Å²) in [5.74, 6) is 0. The molecule has 0 saturated carbocycles. The van der Waals surface area contributed by atoms with Crippen molar-refractivity contribution >= 4 is 0 Å². The van der Waals surface area contributed by atoms with Crippen molar-refractivity contribution in [3.8, 4) is 22.3 Å². The molecule has 3 aromatic carbocycles. The van der Waals surface area contributed by atoms with Gasteiger partial charge in [-0.15, -0.1) is 0 Å². The van der Waals surface area contributed by atoms with E-state index in [1.54, 1.807) is 0 Å². The Bertz CT molecular complexity index is 969. The molecule has 0 spiro atoms. The van der Waals surface area contributed by atoms with Gasteiger partial charge in [-0.2, -0.15) is 0 Å². The Kier molecular flexibility index (Phi) is 3.22. The molecule has 1 saturated heterocycles. The highest BCUT2D eigenvalue weighted by atomic mass is 16.6. The van der Waals surface area contributed by atoms with Gasteiger partial charge in [0.05, 0.1) is 0 Å². The van der Waals surface area contributed by atoms with E-state index in [4.69, 9.17) is 4.74 Å². The first kappa shape index (κ1) is 14.4. The number of rotatable bonds is 3. The third kappa shape index (κ3) is 2.28. The molecule has 5 rings (SSSR count). The van der Waals surface area contributed by atoms with E-state index in [1.807, 2.05) is 0 Å². The average Bonchev–Trinajstić information content (AvgIpc) is 3.45. The van der Waals surface area contributed by atoms with Gasteiger partial charge in [-0.25, -0.2) is 0 Å². The Morgan fingerprint density at radius 1 is 0.680 bits per heavy atom. The van der Waals surface area contributed by atoms with E-state index in [2.05, 4.69) is 103 Å². The summed E-state index contributed by atoms with van der Waals surface area (Å²) in [6, 6.07) is 27.8. The average molecular weight is 322 g/mol. The molecule has 1 nitrogen and oxygen atoms in total. The highest BCUT2D eigenvalue weighted by Gasteiger charge is 2.56. The van der Waals surface area contributed by atoms with Gasteiger partial charge in [-0.1, -0.05) is 97.1 Å². The molecular weight excluding hydrogens is 304 g/mol. The minimum Gasteiger partial charge on any atom is -0.352 e.